The molecule has 0 aliphatic rings. The molecule has 0 fully saturated rings. The fourth-order valence-corrected chi connectivity index (χ4v) is 1.39. The SMILES string of the molecule is CCOC(CC)(NC(C)O)N(C)C. The minimum Gasteiger partial charge on any atom is -0.379 e. The summed E-state index contributed by atoms with van der Waals surface area (Å²) in [6, 6.07) is 0. The van der Waals surface area contributed by atoms with E-state index in [4.69, 9.17) is 4.74 Å². The molecule has 0 rings (SSSR count). The van der Waals surface area contributed by atoms with E-state index in [1.807, 2.05) is 32.8 Å². The summed E-state index contributed by atoms with van der Waals surface area (Å²) in [5.41, 5.74) is 0. The highest BCUT2D eigenvalue weighted by Crippen LogP contribution is 2.15. The Bertz CT molecular complexity index is 140. The van der Waals surface area contributed by atoms with Crippen LogP contribution in [0, 0.1) is 0 Å². The standard InChI is InChI=1S/C9H22N2O2/c1-6-9(11(4)5,13-7-2)10-8(3)12/h8,10,12H,6-7H2,1-5H3. The second-order valence-corrected chi connectivity index (χ2v) is 3.29. The Morgan fingerprint density at radius 2 is 2.00 bits per heavy atom. The van der Waals surface area contributed by atoms with Crippen LogP contribution in [0.15, 0.2) is 0 Å². The van der Waals surface area contributed by atoms with Crippen molar-refractivity contribution in [2.24, 2.45) is 0 Å². The molecule has 13 heavy (non-hydrogen) atoms. The van der Waals surface area contributed by atoms with Gasteiger partial charge in [-0.1, -0.05) is 6.92 Å². The number of hydrogen-bond donors (Lipinski definition) is 2. The molecule has 4 nitrogen and oxygen atoms in total. The maximum Gasteiger partial charge on any atom is 0.178 e. The summed E-state index contributed by atoms with van der Waals surface area (Å²) in [5, 5.41) is 12.3. The predicted octanol–water partition coefficient (Wildman–Crippen LogP) is 0.576. The molecule has 2 N–H and O–H groups in total. The molecule has 0 amide bonds. The third-order valence-corrected chi connectivity index (χ3v) is 2.02. The van der Waals surface area contributed by atoms with Crippen molar-refractivity contribution in [3.8, 4) is 0 Å². The number of hydrogen-bond acceptors (Lipinski definition) is 4. The molecule has 0 heterocycles. The van der Waals surface area contributed by atoms with E-state index in [1.165, 1.54) is 0 Å². The molecular formula is C9H22N2O2. The fraction of sp³-hybridized carbons (Fsp3) is 1.00. The van der Waals surface area contributed by atoms with Gasteiger partial charge < -0.3 is 9.84 Å². The zero-order chi connectivity index (χ0) is 10.5. The van der Waals surface area contributed by atoms with Gasteiger partial charge in [-0.2, -0.15) is 0 Å². The van der Waals surface area contributed by atoms with Gasteiger partial charge in [0.15, 0.2) is 5.85 Å². The maximum absolute atomic E-state index is 9.28. The average Bonchev–Trinajstić information content (AvgIpc) is 2.02. The van der Waals surface area contributed by atoms with Crippen molar-refractivity contribution in [2.45, 2.75) is 39.3 Å². The Kier molecular flexibility index (Phi) is 5.48. The van der Waals surface area contributed by atoms with Gasteiger partial charge in [0, 0.05) is 13.0 Å². The number of nitrogens with one attached hydrogen (secondary N) is 1. The highest BCUT2D eigenvalue weighted by Gasteiger charge is 2.31. The van der Waals surface area contributed by atoms with Gasteiger partial charge in [-0.3, -0.25) is 10.2 Å². The van der Waals surface area contributed by atoms with E-state index in [1.54, 1.807) is 6.92 Å². The molecule has 0 radical (unpaired) electrons. The molecule has 0 aliphatic heterocycles. The zero-order valence-electron chi connectivity index (χ0n) is 9.29. The van der Waals surface area contributed by atoms with Crippen LogP contribution in [0.2, 0.25) is 0 Å². The van der Waals surface area contributed by atoms with E-state index < -0.39 is 12.1 Å². The van der Waals surface area contributed by atoms with E-state index in [0.717, 1.165) is 6.42 Å². The van der Waals surface area contributed by atoms with E-state index in [2.05, 4.69) is 5.32 Å². The molecule has 0 aromatic heterocycles. The van der Waals surface area contributed by atoms with Crippen molar-refractivity contribution in [1.82, 2.24) is 10.2 Å². The third kappa shape index (κ3) is 3.60. The van der Waals surface area contributed by atoms with Gasteiger partial charge in [0.05, 0.1) is 0 Å². The van der Waals surface area contributed by atoms with Gasteiger partial charge in [0.2, 0.25) is 0 Å². The first-order valence-electron chi connectivity index (χ1n) is 4.75. The lowest BCUT2D eigenvalue weighted by Crippen LogP contribution is -2.60. The Balaban J connectivity index is 4.44. The zero-order valence-corrected chi connectivity index (χ0v) is 9.29. The highest BCUT2D eigenvalue weighted by molar-refractivity contribution is 4.73. The monoisotopic (exact) mass is 190 g/mol. The van der Waals surface area contributed by atoms with Crippen molar-refractivity contribution >= 4 is 0 Å². The fourth-order valence-electron chi connectivity index (χ4n) is 1.39. The van der Waals surface area contributed by atoms with Crippen LogP contribution in [-0.2, 0) is 4.74 Å². The Hall–Kier alpha value is -0.160. The van der Waals surface area contributed by atoms with Crippen LogP contribution in [-0.4, -0.2) is 42.8 Å². The van der Waals surface area contributed by atoms with Gasteiger partial charge in [-0.05, 0) is 27.9 Å². The van der Waals surface area contributed by atoms with Crippen LogP contribution < -0.4 is 5.32 Å². The number of ether oxygens (including phenoxy) is 1. The van der Waals surface area contributed by atoms with Crippen molar-refractivity contribution in [2.75, 3.05) is 20.7 Å². The number of rotatable bonds is 6. The lowest BCUT2D eigenvalue weighted by atomic mass is 10.2. The summed E-state index contributed by atoms with van der Waals surface area (Å²) in [5.74, 6) is -0.553. The normalized spacial score (nSPS) is 18.7. The van der Waals surface area contributed by atoms with Crippen molar-refractivity contribution < 1.29 is 9.84 Å². The van der Waals surface area contributed by atoms with E-state index in [9.17, 15) is 5.11 Å². The molecule has 80 valence electrons. The Labute approximate surface area is 80.9 Å². The molecular weight excluding hydrogens is 168 g/mol. The lowest BCUT2D eigenvalue weighted by molar-refractivity contribution is -0.179. The largest absolute Gasteiger partial charge is 0.379 e. The van der Waals surface area contributed by atoms with E-state index >= 15 is 0 Å². The van der Waals surface area contributed by atoms with E-state index in [0.29, 0.717) is 6.61 Å². The average molecular weight is 190 g/mol. The predicted molar refractivity (Wildman–Crippen MR) is 53.2 cm³/mol. The molecule has 2 atom stereocenters. The molecule has 0 saturated carbocycles. The lowest BCUT2D eigenvalue weighted by Gasteiger charge is -2.40. The first kappa shape index (κ1) is 12.8. The smallest absolute Gasteiger partial charge is 0.178 e. The second kappa shape index (κ2) is 5.54. The Morgan fingerprint density at radius 1 is 1.46 bits per heavy atom. The minimum atomic E-state index is -0.575. The molecule has 0 bridgehead atoms. The molecule has 0 aromatic carbocycles. The summed E-state index contributed by atoms with van der Waals surface area (Å²) in [4.78, 5) is 1.93. The summed E-state index contributed by atoms with van der Waals surface area (Å²) in [7, 11) is 3.85. The topological polar surface area (TPSA) is 44.7 Å². The van der Waals surface area contributed by atoms with Crippen LogP contribution in [0.25, 0.3) is 0 Å². The first-order chi connectivity index (χ1) is 5.98. The van der Waals surface area contributed by atoms with Crippen molar-refractivity contribution in [1.29, 1.82) is 0 Å². The van der Waals surface area contributed by atoms with Crippen molar-refractivity contribution in [3.63, 3.8) is 0 Å². The Morgan fingerprint density at radius 3 is 2.23 bits per heavy atom. The van der Waals surface area contributed by atoms with Crippen LogP contribution in [0.5, 0.6) is 0 Å². The van der Waals surface area contributed by atoms with Gasteiger partial charge >= 0.3 is 0 Å². The number of nitrogens with zero attached hydrogens (tertiary/aromatic N) is 1. The van der Waals surface area contributed by atoms with Crippen molar-refractivity contribution in [3.05, 3.63) is 0 Å². The maximum atomic E-state index is 9.28. The highest BCUT2D eigenvalue weighted by atomic mass is 16.5. The molecule has 4 heteroatoms. The second-order valence-electron chi connectivity index (χ2n) is 3.29. The summed E-state index contributed by atoms with van der Waals surface area (Å²) < 4.78 is 5.61. The van der Waals surface area contributed by atoms with Gasteiger partial charge in [-0.25, -0.2) is 0 Å². The molecule has 0 saturated heterocycles. The summed E-state index contributed by atoms with van der Waals surface area (Å²) in [6.07, 6.45) is 0.201. The third-order valence-electron chi connectivity index (χ3n) is 2.02. The number of aliphatic hydroxyl groups is 1. The van der Waals surface area contributed by atoms with Gasteiger partial charge in [0.1, 0.15) is 6.23 Å². The van der Waals surface area contributed by atoms with Crippen LogP contribution in [0.3, 0.4) is 0 Å². The van der Waals surface area contributed by atoms with Crippen LogP contribution in [0.4, 0.5) is 0 Å². The minimum absolute atomic E-state index is 0.553. The molecule has 0 aromatic rings. The van der Waals surface area contributed by atoms with Gasteiger partial charge in [-0.15, -0.1) is 0 Å². The van der Waals surface area contributed by atoms with Crippen LogP contribution in [0.1, 0.15) is 27.2 Å². The number of aliphatic hydroxyl groups excluding tert-OH is 1. The summed E-state index contributed by atoms with van der Waals surface area (Å²) >= 11 is 0. The molecule has 0 aliphatic carbocycles. The van der Waals surface area contributed by atoms with E-state index in [-0.39, 0.29) is 0 Å². The molecule has 0 spiro atoms. The van der Waals surface area contributed by atoms with Crippen LogP contribution >= 0.6 is 0 Å². The first-order valence-corrected chi connectivity index (χ1v) is 4.75. The quantitative estimate of drug-likeness (QED) is 0.601. The molecule has 2 unspecified atom stereocenters. The summed E-state index contributed by atoms with van der Waals surface area (Å²) in [6.45, 7) is 6.27. The van der Waals surface area contributed by atoms with Gasteiger partial charge in [0.25, 0.3) is 0 Å².